The van der Waals surface area contributed by atoms with E-state index in [1.165, 1.54) is 0 Å². The summed E-state index contributed by atoms with van der Waals surface area (Å²) < 4.78 is 6.48. The highest BCUT2D eigenvalue weighted by Gasteiger charge is 2.24. The van der Waals surface area contributed by atoms with E-state index in [0.29, 0.717) is 5.92 Å². The predicted octanol–water partition coefficient (Wildman–Crippen LogP) is 3.15. The lowest BCUT2D eigenvalue weighted by atomic mass is 9.94. The van der Waals surface area contributed by atoms with Crippen LogP contribution in [0, 0.1) is 5.92 Å². The summed E-state index contributed by atoms with van der Waals surface area (Å²) in [6.07, 6.45) is 0.786. The molecule has 2 atom stereocenters. The molecule has 0 radical (unpaired) electrons. The quantitative estimate of drug-likeness (QED) is 0.620. The maximum absolute atomic E-state index is 6.22. The second-order valence-corrected chi connectivity index (χ2v) is 5.98. The topological polar surface area (TPSA) is 47.3 Å². The molecule has 0 aliphatic rings. The van der Waals surface area contributed by atoms with Crippen molar-refractivity contribution < 1.29 is 4.74 Å². The van der Waals surface area contributed by atoms with E-state index in [9.17, 15) is 0 Å². The van der Waals surface area contributed by atoms with Crippen molar-refractivity contribution in [1.29, 1.82) is 0 Å². The molecule has 0 heterocycles. The molecule has 2 unspecified atom stereocenters. The maximum atomic E-state index is 6.22. The zero-order valence-corrected chi connectivity index (χ0v) is 13.3. The zero-order chi connectivity index (χ0) is 13.7. The van der Waals surface area contributed by atoms with Crippen molar-refractivity contribution in [2.75, 3.05) is 7.11 Å². The Bertz CT molecular complexity index is 387. The van der Waals surface area contributed by atoms with E-state index in [1.54, 1.807) is 7.11 Å². The first kappa shape index (κ1) is 15.9. The fourth-order valence-corrected chi connectivity index (χ4v) is 2.85. The average molecular weight is 336 g/mol. The van der Waals surface area contributed by atoms with Gasteiger partial charge in [-0.15, -0.1) is 0 Å². The van der Waals surface area contributed by atoms with Crippen molar-refractivity contribution in [2.45, 2.75) is 32.4 Å². The lowest BCUT2D eigenvalue weighted by Gasteiger charge is -2.28. The second kappa shape index (κ2) is 7.46. The molecule has 3 nitrogen and oxygen atoms in total. The average Bonchev–Trinajstić information content (AvgIpc) is 2.31. The van der Waals surface area contributed by atoms with Crippen LogP contribution in [0.1, 0.15) is 19.4 Å². The SMILES string of the molecule is COC(C(C)C)C(Cc1ccc(Br)cc1Cl)NN. The molecule has 0 bridgehead atoms. The highest BCUT2D eigenvalue weighted by Crippen LogP contribution is 2.24. The van der Waals surface area contributed by atoms with E-state index in [2.05, 4.69) is 35.2 Å². The van der Waals surface area contributed by atoms with Crippen LogP contribution in [0.25, 0.3) is 0 Å². The summed E-state index contributed by atoms with van der Waals surface area (Å²) in [6, 6.07) is 5.91. The maximum Gasteiger partial charge on any atom is 0.0763 e. The first-order valence-electron chi connectivity index (χ1n) is 5.92. The molecule has 1 aromatic rings. The van der Waals surface area contributed by atoms with Crippen molar-refractivity contribution in [1.82, 2.24) is 5.43 Å². The first-order valence-corrected chi connectivity index (χ1v) is 7.09. The number of hydrogen-bond donors (Lipinski definition) is 2. The van der Waals surface area contributed by atoms with Crippen LogP contribution in [0.5, 0.6) is 0 Å². The van der Waals surface area contributed by atoms with Crippen LogP contribution >= 0.6 is 27.5 Å². The van der Waals surface area contributed by atoms with Crippen molar-refractivity contribution in [2.24, 2.45) is 11.8 Å². The molecule has 0 amide bonds. The number of hydrazine groups is 1. The monoisotopic (exact) mass is 334 g/mol. The lowest BCUT2D eigenvalue weighted by molar-refractivity contribution is 0.0332. The van der Waals surface area contributed by atoms with Crippen LogP contribution in [-0.2, 0) is 11.2 Å². The van der Waals surface area contributed by atoms with E-state index in [4.69, 9.17) is 22.2 Å². The fourth-order valence-electron chi connectivity index (χ4n) is 2.10. The summed E-state index contributed by atoms with van der Waals surface area (Å²) in [4.78, 5) is 0. The van der Waals surface area contributed by atoms with E-state index in [1.807, 2.05) is 18.2 Å². The Hall–Kier alpha value is -0.130. The second-order valence-electron chi connectivity index (χ2n) is 4.66. The Morgan fingerprint density at radius 3 is 2.56 bits per heavy atom. The van der Waals surface area contributed by atoms with Gasteiger partial charge < -0.3 is 4.74 Å². The standard InChI is InChI=1S/C13H20BrClN2O/c1-8(2)13(18-3)12(17-16)6-9-4-5-10(14)7-11(9)15/h4-5,7-8,12-13,17H,6,16H2,1-3H3. The highest BCUT2D eigenvalue weighted by atomic mass is 79.9. The van der Waals surface area contributed by atoms with Gasteiger partial charge in [-0.3, -0.25) is 11.3 Å². The minimum absolute atomic E-state index is 0.0358. The van der Waals surface area contributed by atoms with E-state index in [0.717, 1.165) is 21.5 Å². The van der Waals surface area contributed by atoms with Gasteiger partial charge in [0, 0.05) is 16.6 Å². The minimum atomic E-state index is 0.0358. The number of benzene rings is 1. The summed E-state index contributed by atoms with van der Waals surface area (Å²) in [5, 5.41) is 0.739. The minimum Gasteiger partial charge on any atom is -0.380 e. The normalized spacial score (nSPS) is 14.8. The molecule has 5 heteroatoms. The summed E-state index contributed by atoms with van der Waals surface area (Å²) in [5.41, 5.74) is 3.89. The molecule has 102 valence electrons. The summed E-state index contributed by atoms with van der Waals surface area (Å²) >= 11 is 9.61. The van der Waals surface area contributed by atoms with Gasteiger partial charge in [0.05, 0.1) is 12.1 Å². The third kappa shape index (κ3) is 4.21. The van der Waals surface area contributed by atoms with Crippen molar-refractivity contribution in [3.63, 3.8) is 0 Å². The van der Waals surface area contributed by atoms with Gasteiger partial charge in [0.15, 0.2) is 0 Å². The van der Waals surface area contributed by atoms with E-state index in [-0.39, 0.29) is 12.1 Å². The Labute approximate surface area is 122 Å². The Kier molecular flexibility index (Phi) is 6.60. The number of nitrogens with two attached hydrogens (primary N) is 1. The molecule has 0 saturated heterocycles. The summed E-state index contributed by atoms with van der Waals surface area (Å²) in [7, 11) is 1.71. The van der Waals surface area contributed by atoms with Gasteiger partial charge in [0.1, 0.15) is 0 Å². The zero-order valence-electron chi connectivity index (χ0n) is 10.9. The number of hydrogen-bond acceptors (Lipinski definition) is 3. The lowest BCUT2D eigenvalue weighted by Crippen LogP contribution is -2.48. The number of rotatable bonds is 6. The van der Waals surface area contributed by atoms with Gasteiger partial charge >= 0.3 is 0 Å². The third-order valence-corrected chi connectivity index (χ3v) is 3.84. The van der Waals surface area contributed by atoms with Crippen LogP contribution in [0.2, 0.25) is 5.02 Å². The van der Waals surface area contributed by atoms with Crippen LogP contribution in [0.15, 0.2) is 22.7 Å². The van der Waals surface area contributed by atoms with Crippen LogP contribution in [0.3, 0.4) is 0 Å². The molecular weight excluding hydrogens is 316 g/mol. The highest BCUT2D eigenvalue weighted by molar-refractivity contribution is 9.10. The van der Waals surface area contributed by atoms with Crippen molar-refractivity contribution >= 4 is 27.5 Å². The van der Waals surface area contributed by atoms with Gasteiger partial charge in [-0.25, -0.2) is 0 Å². The summed E-state index contributed by atoms with van der Waals surface area (Å²) in [6.45, 7) is 4.23. The molecule has 3 N–H and O–H groups in total. The molecule has 0 spiro atoms. The third-order valence-electron chi connectivity index (χ3n) is 2.99. The van der Waals surface area contributed by atoms with Crippen LogP contribution in [-0.4, -0.2) is 19.3 Å². The van der Waals surface area contributed by atoms with Gasteiger partial charge in [-0.1, -0.05) is 47.4 Å². The number of halogens is 2. The van der Waals surface area contributed by atoms with Gasteiger partial charge in [-0.05, 0) is 30.0 Å². The van der Waals surface area contributed by atoms with E-state index < -0.39 is 0 Å². The number of nitrogens with one attached hydrogen (secondary N) is 1. The largest absolute Gasteiger partial charge is 0.380 e. The predicted molar refractivity (Wildman–Crippen MR) is 79.6 cm³/mol. The summed E-state index contributed by atoms with van der Waals surface area (Å²) in [5.74, 6) is 6.01. The molecule has 0 aliphatic carbocycles. The van der Waals surface area contributed by atoms with Crippen LogP contribution in [0.4, 0.5) is 0 Å². The Morgan fingerprint density at radius 1 is 1.44 bits per heavy atom. The van der Waals surface area contributed by atoms with Crippen LogP contribution < -0.4 is 11.3 Å². The number of ether oxygens (including phenoxy) is 1. The van der Waals surface area contributed by atoms with E-state index >= 15 is 0 Å². The molecule has 1 rings (SSSR count). The Morgan fingerprint density at radius 2 is 2.11 bits per heavy atom. The molecule has 0 aromatic heterocycles. The smallest absolute Gasteiger partial charge is 0.0763 e. The van der Waals surface area contributed by atoms with Crippen molar-refractivity contribution in [3.8, 4) is 0 Å². The van der Waals surface area contributed by atoms with Crippen molar-refractivity contribution in [3.05, 3.63) is 33.3 Å². The van der Waals surface area contributed by atoms with Gasteiger partial charge in [0.25, 0.3) is 0 Å². The fraction of sp³-hybridized carbons (Fsp3) is 0.538. The molecule has 0 aliphatic heterocycles. The molecule has 18 heavy (non-hydrogen) atoms. The molecule has 0 fully saturated rings. The van der Waals surface area contributed by atoms with Gasteiger partial charge in [-0.2, -0.15) is 0 Å². The first-order chi connectivity index (χ1) is 8.49. The molecule has 0 saturated carbocycles. The van der Waals surface area contributed by atoms with Gasteiger partial charge in [0.2, 0.25) is 0 Å². The Balaban J connectivity index is 2.85. The molecule has 1 aromatic carbocycles. The number of methoxy groups -OCH3 is 1. The molecular formula is C13H20BrClN2O.